The zero-order valence-electron chi connectivity index (χ0n) is 13.1. The monoisotopic (exact) mass is 363 g/mol. The summed E-state index contributed by atoms with van der Waals surface area (Å²) in [6.07, 6.45) is 5.42. The number of guanidine groups is 2. The fourth-order valence-electron chi connectivity index (χ4n) is 3.70. The van der Waals surface area contributed by atoms with Crippen LogP contribution in [-0.4, -0.2) is 17.6 Å². The minimum atomic E-state index is -0.377. The molecule has 0 unspecified atom stereocenters. The van der Waals surface area contributed by atoms with Gasteiger partial charge in [-0.25, -0.2) is 4.99 Å². The van der Waals surface area contributed by atoms with Crippen LogP contribution in [0.3, 0.4) is 0 Å². The Bertz CT molecular complexity index is 635. The molecule has 6 heteroatoms. The van der Waals surface area contributed by atoms with Gasteiger partial charge in [0.2, 0.25) is 11.9 Å². The van der Waals surface area contributed by atoms with Crippen molar-refractivity contribution in [2.45, 2.75) is 51.6 Å². The molecule has 3 rings (SSSR count). The quantitative estimate of drug-likeness (QED) is 0.803. The predicted molar refractivity (Wildman–Crippen MR) is 95.2 cm³/mol. The molecule has 4 N–H and O–H groups in total. The van der Waals surface area contributed by atoms with Crippen LogP contribution < -0.4 is 16.4 Å². The molecule has 1 saturated carbocycles. The van der Waals surface area contributed by atoms with Crippen LogP contribution in [0, 0.1) is 13.8 Å². The molecule has 0 aromatic heterocycles. The second-order valence-corrected chi connectivity index (χ2v) is 7.12. The van der Waals surface area contributed by atoms with E-state index in [0.717, 1.165) is 47.0 Å². The van der Waals surface area contributed by atoms with Crippen LogP contribution in [-0.2, 0) is 0 Å². The van der Waals surface area contributed by atoms with Crippen LogP contribution >= 0.6 is 15.9 Å². The first-order valence-corrected chi connectivity index (χ1v) is 8.49. The lowest BCUT2D eigenvalue weighted by Gasteiger charge is -2.46. The molecule has 0 atom stereocenters. The van der Waals surface area contributed by atoms with Gasteiger partial charge in [0.15, 0.2) is 0 Å². The van der Waals surface area contributed by atoms with Crippen LogP contribution in [0.4, 0.5) is 5.69 Å². The van der Waals surface area contributed by atoms with Crippen LogP contribution in [0.2, 0.25) is 0 Å². The fraction of sp³-hybridized carbons (Fsp3) is 0.500. The summed E-state index contributed by atoms with van der Waals surface area (Å²) in [5.74, 6) is 0.742. The van der Waals surface area contributed by atoms with E-state index >= 15 is 0 Å². The van der Waals surface area contributed by atoms with Crippen molar-refractivity contribution >= 4 is 33.5 Å². The number of hydrogen-bond acceptors (Lipinski definition) is 5. The molecule has 0 radical (unpaired) electrons. The van der Waals surface area contributed by atoms with Gasteiger partial charge in [-0.05, 0) is 62.8 Å². The van der Waals surface area contributed by atoms with Crippen molar-refractivity contribution < 1.29 is 0 Å². The first kappa shape index (κ1) is 15.3. The smallest absolute Gasteiger partial charge is 0.220 e. The van der Waals surface area contributed by atoms with E-state index in [0.29, 0.717) is 11.9 Å². The van der Waals surface area contributed by atoms with Crippen LogP contribution in [0.5, 0.6) is 0 Å². The molecule has 22 heavy (non-hydrogen) atoms. The van der Waals surface area contributed by atoms with Crippen LogP contribution in [0.1, 0.15) is 43.2 Å². The summed E-state index contributed by atoms with van der Waals surface area (Å²) in [4.78, 5) is 11.1. The summed E-state index contributed by atoms with van der Waals surface area (Å²) in [5.41, 5.74) is 15.2. The molecule has 1 aliphatic carbocycles. The van der Waals surface area contributed by atoms with Crippen molar-refractivity contribution in [3.05, 3.63) is 27.7 Å². The van der Waals surface area contributed by atoms with Gasteiger partial charge in [-0.1, -0.05) is 22.4 Å². The largest absolute Gasteiger partial charge is 0.369 e. The number of nitrogens with two attached hydrogens (primary N) is 2. The average molecular weight is 364 g/mol. The molecular weight excluding hydrogens is 342 g/mol. The van der Waals surface area contributed by atoms with Gasteiger partial charge in [0, 0.05) is 4.47 Å². The Morgan fingerprint density at radius 1 is 1.09 bits per heavy atom. The Labute approximate surface area is 139 Å². The summed E-state index contributed by atoms with van der Waals surface area (Å²) < 4.78 is 1.07. The third-order valence-electron chi connectivity index (χ3n) is 4.53. The molecule has 5 nitrogen and oxygen atoms in total. The van der Waals surface area contributed by atoms with E-state index in [4.69, 9.17) is 16.5 Å². The summed E-state index contributed by atoms with van der Waals surface area (Å²) in [6.45, 7) is 4.19. The van der Waals surface area contributed by atoms with E-state index < -0.39 is 0 Å². The molecular formula is C16H22BrN5. The van der Waals surface area contributed by atoms with E-state index in [1.165, 1.54) is 6.42 Å². The summed E-state index contributed by atoms with van der Waals surface area (Å²) in [5, 5.41) is 0. The molecule has 0 bridgehead atoms. The number of nitrogens with zero attached hydrogens (tertiary/aromatic N) is 3. The number of halogens is 1. The molecule has 1 aliphatic heterocycles. The van der Waals surface area contributed by atoms with Gasteiger partial charge in [0.1, 0.15) is 5.66 Å². The molecule has 1 heterocycles. The molecule has 1 aromatic rings. The number of hydrogen-bond donors (Lipinski definition) is 2. The number of anilines is 1. The van der Waals surface area contributed by atoms with Gasteiger partial charge >= 0.3 is 0 Å². The van der Waals surface area contributed by atoms with Crippen molar-refractivity contribution in [3.63, 3.8) is 0 Å². The van der Waals surface area contributed by atoms with E-state index in [2.05, 4.69) is 51.8 Å². The number of benzene rings is 1. The third-order valence-corrected chi connectivity index (χ3v) is 4.99. The maximum absolute atomic E-state index is 6.29. The zero-order valence-corrected chi connectivity index (χ0v) is 14.7. The highest BCUT2D eigenvalue weighted by molar-refractivity contribution is 9.10. The minimum Gasteiger partial charge on any atom is -0.369 e. The highest BCUT2D eigenvalue weighted by atomic mass is 79.9. The topological polar surface area (TPSA) is 80.0 Å². The van der Waals surface area contributed by atoms with Gasteiger partial charge in [0.25, 0.3) is 0 Å². The van der Waals surface area contributed by atoms with Crippen molar-refractivity contribution in [1.82, 2.24) is 0 Å². The molecule has 0 saturated heterocycles. The third kappa shape index (κ3) is 2.49. The van der Waals surface area contributed by atoms with Gasteiger partial charge in [-0.15, -0.1) is 0 Å². The van der Waals surface area contributed by atoms with Gasteiger partial charge in [-0.2, -0.15) is 4.99 Å². The van der Waals surface area contributed by atoms with Crippen molar-refractivity contribution in [2.75, 3.05) is 4.90 Å². The standard InChI is InChI=1S/C16H22BrN5/c1-10-8-12(17)9-11(2)13(10)22-15(19)20-14(18)21-16(22)6-4-3-5-7-16/h8-9H,3-7H2,1-2H3,(H4,18,19,20,21). The van der Waals surface area contributed by atoms with Crippen molar-refractivity contribution in [1.29, 1.82) is 0 Å². The SMILES string of the molecule is Cc1cc(Br)cc(C)c1N1C(N)=NC(N)=NC12CCCCC2. The van der Waals surface area contributed by atoms with Crippen molar-refractivity contribution in [3.8, 4) is 0 Å². The molecule has 1 aromatic carbocycles. The second kappa shape index (κ2) is 5.57. The number of aryl methyl sites for hydroxylation is 2. The van der Waals surface area contributed by atoms with E-state index in [1.807, 2.05) is 0 Å². The maximum Gasteiger partial charge on any atom is 0.220 e. The molecule has 2 aliphatic rings. The average Bonchev–Trinajstić information content (AvgIpc) is 2.41. The lowest BCUT2D eigenvalue weighted by molar-refractivity contribution is 0.305. The Morgan fingerprint density at radius 3 is 2.27 bits per heavy atom. The van der Waals surface area contributed by atoms with Crippen LogP contribution in [0.25, 0.3) is 0 Å². The van der Waals surface area contributed by atoms with E-state index in [-0.39, 0.29) is 5.66 Å². The first-order valence-electron chi connectivity index (χ1n) is 7.69. The first-order chi connectivity index (χ1) is 10.4. The van der Waals surface area contributed by atoms with Gasteiger partial charge in [0.05, 0.1) is 5.69 Å². The van der Waals surface area contributed by atoms with Crippen LogP contribution in [0.15, 0.2) is 26.6 Å². The lowest BCUT2D eigenvalue weighted by Crippen LogP contribution is -2.58. The Morgan fingerprint density at radius 2 is 1.68 bits per heavy atom. The molecule has 1 spiro atoms. The second-order valence-electron chi connectivity index (χ2n) is 6.21. The summed E-state index contributed by atoms with van der Waals surface area (Å²) >= 11 is 3.56. The lowest BCUT2D eigenvalue weighted by atomic mass is 9.86. The number of aliphatic imine (C=N–C) groups is 2. The van der Waals surface area contributed by atoms with Gasteiger partial charge < -0.3 is 11.5 Å². The summed E-state index contributed by atoms with van der Waals surface area (Å²) in [7, 11) is 0. The number of rotatable bonds is 1. The normalized spacial score (nSPS) is 20.8. The molecule has 118 valence electrons. The zero-order chi connectivity index (χ0) is 15.9. The van der Waals surface area contributed by atoms with E-state index in [1.54, 1.807) is 0 Å². The highest BCUT2D eigenvalue weighted by Crippen LogP contribution is 2.42. The molecule has 0 amide bonds. The fourth-order valence-corrected chi connectivity index (χ4v) is 4.39. The Hall–Kier alpha value is -1.56. The van der Waals surface area contributed by atoms with E-state index in [9.17, 15) is 0 Å². The highest BCUT2D eigenvalue weighted by Gasteiger charge is 2.43. The van der Waals surface area contributed by atoms with Gasteiger partial charge in [-0.3, -0.25) is 4.90 Å². The maximum atomic E-state index is 6.29. The van der Waals surface area contributed by atoms with Crippen molar-refractivity contribution in [2.24, 2.45) is 21.5 Å². The Balaban J connectivity index is 2.16. The molecule has 1 fully saturated rings. The predicted octanol–water partition coefficient (Wildman–Crippen LogP) is 3.18. The summed E-state index contributed by atoms with van der Waals surface area (Å²) in [6, 6.07) is 4.21. The minimum absolute atomic E-state index is 0.295. The Kier molecular flexibility index (Phi) is 3.89.